The summed E-state index contributed by atoms with van der Waals surface area (Å²) in [5.74, 6) is -0.262. The molecule has 0 bridgehead atoms. The average Bonchev–Trinajstić information content (AvgIpc) is 3.14. The minimum absolute atomic E-state index is 0.0224. The molecule has 2 aliphatic rings. The lowest BCUT2D eigenvalue weighted by atomic mass is 9.98. The molecule has 2 fully saturated rings. The third kappa shape index (κ3) is 7.58. The van der Waals surface area contributed by atoms with Crippen molar-refractivity contribution in [1.82, 2.24) is 20.2 Å². The number of likely N-dealkylation sites (tertiary alicyclic amines) is 1. The van der Waals surface area contributed by atoms with Gasteiger partial charge in [-0.1, -0.05) is 79.2 Å². The van der Waals surface area contributed by atoms with Gasteiger partial charge >= 0.3 is 0 Å². The van der Waals surface area contributed by atoms with Crippen LogP contribution in [0.15, 0.2) is 103 Å². The van der Waals surface area contributed by atoms with Gasteiger partial charge in [-0.3, -0.25) is 9.78 Å². The molecular formula is C39H40N4O4. The first-order valence-electron chi connectivity index (χ1n) is 16.5. The Morgan fingerprint density at radius 2 is 1.57 bits per heavy atom. The van der Waals surface area contributed by atoms with Crippen LogP contribution in [0.3, 0.4) is 0 Å². The fourth-order valence-corrected chi connectivity index (χ4v) is 6.53. The van der Waals surface area contributed by atoms with Gasteiger partial charge in [0, 0.05) is 25.1 Å². The third-order valence-corrected chi connectivity index (χ3v) is 9.08. The molecule has 8 heteroatoms. The number of carbonyl (C=O) groups is 1. The second-order valence-corrected chi connectivity index (χ2v) is 12.5. The summed E-state index contributed by atoms with van der Waals surface area (Å²) in [7, 11) is 0. The fourth-order valence-electron chi connectivity index (χ4n) is 6.53. The number of benzene rings is 4. The monoisotopic (exact) mass is 628 g/mol. The van der Waals surface area contributed by atoms with Gasteiger partial charge in [0.1, 0.15) is 5.69 Å². The smallest absolute Gasteiger partial charge is 0.271 e. The maximum atomic E-state index is 12.9. The molecule has 3 unspecified atom stereocenters. The van der Waals surface area contributed by atoms with Gasteiger partial charge in [-0.25, -0.2) is 4.98 Å². The SMILES string of the molecule is O=C(NCc1cccc(-c2cccc(C3OC(CN4CCCCC4)CC(c4ccc(CO)cc4)O3)c2)c1)c1cnc2ccccc2n1. The second-order valence-electron chi connectivity index (χ2n) is 12.5. The largest absolute Gasteiger partial charge is 0.392 e. The molecule has 0 spiro atoms. The van der Waals surface area contributed by atoms with Crippen LogP contribution in [0.2, 0.25) is 0 Å². The lowest BCUT2D eigenvalue weighted by Crippen LogP contribution is -2.41. The van der Waals surface area contributed by atoms with Crippen molar-refractivity contribution in [3.8, 4) is 11.1 Å². The molecular weight excluding hydrogens is 588 g/mol. The van der Waals surface area contributed by atoms with Crippen molar-refractivity contribution in [2.75, 3.05) is 19.6 Å². The van der Waals surface area contributed by atoms with Crippen molar-refractivity contribution < 1.29 is 19.4 Å². The first-order chi connectivity index (χ1) is 23.1. The number of ether oxygens (including phenoxy) is 2. The summed E-state index contributed by atoms with van der Waals surface area (Å²) < 4.78 is 13.3. The van der Waals surface area contributed by atoms with Crippen molar-refractivity contribution in [3.05, 3.63) is 131 Å². The van der Waals surface area contributed by atoms with E-state index in [9.17, 15) is 9.90 Å². The molecule has 8 nitrogen and oxygen atoms in total. The van der Waals surface area contributed by atoms with Crippen LogP contribution < -0.4 is 5.32 Å². The first-order valence-corrected chi connectivity index (χ1v) is 16.5. The van der Waals surface area contributed by atoms with E-state index in [1.807, 2.05) is 54.6 Å². The zero-order chi connectivity index (χ0) is 32.0. The van der Waals surface area contributed by atoms with E-state index < -0.39 is 6.29 Å². The average molecular weight is 629 g/mol. The highest BCUT2D eigenvalue weighted by molar-refractivity contribution is 5.93. The summed E-state index contributed by atoms with van der Waals surface area (Å²) in [6.07, 6.45) is 5.49. The van der Waals surface area contributed by atoms with E-state index in [-0.39, 0.29) is 24.7 Å². The van der Waals surface area contributed by atoms with Crippen LogP contribution in [0.1, 0.15) is 70.8 Å². The van der Waals surface area contributed by atoms with E-state index in [0.29, 0.717) is 17.8 Å². The van der Waals surface area contributed by atoms with Gasteiger partial charge in [-0.15, -0.1) is 0 Å². The lowest BCUT2D eigenvalue weighted by Gasteiger charge is -2.39. The molecule has 2 N–H and O–H groups in total. The quantitative estimate of drug-likeness (QED) is 0.186. The molecule has 0 saturated carbocycles. The number of nitrogens with zero attached hydrogens (tertiary/aromatic N) is 3. The minimum atomic E-state index is -0.508. The highest BCUT2D eigenvalue weighted by atomic mass is 16.7. The van der Waals surface area contributed by atoms with Crippen molar-refractivity contribution in [3.63, 3.8) is 0 Å². The summed E-state index contributed by atoms with van der Waals surface area (Å²) in [5, 5.41) is 12.5. The van der Waals surface area contributed by atoms with Crippen LogP contribution in [0.25, 0.3) is 22.2 Å². The second kappa shape index (κ2) is 14.5. The molecule has 240 valence electrons. The van der Waals surface area contributed by atoms with E-state index in [2.05, 4.69) is 62.6 Å². The Morgan fingerprint density at radius 3 is 2.38 bits per heavy atom. The molecule has 0 aliphatic carbocycles. The minimum Gasteiger partial charge on any atom is -0.392 e. The van der Waals surface area contributed by atoms with Crippen LogP contribution >= 0.6 is 0 Å². The number of aromatic nitrogens is 2. The molecule has 7 rings (SSSR count). The normalized spacial score (nSPS) is 20.2. The van der Waals surface area contributed by atoms with Crippen LogP contribution in [0, 0.1) is 0 Å². The molecule has 3 heterocycles. The molecule has 1 amide bonds. The Morgan fingerprint density at radius 1 is 0.809 bits per heavy atom. The number of fused-ring (bicyclic) bond motifs is 1. The summed E-state index contributed by atoms with van der Waals surface area (Å²) in [5.41, 5.74) is 7.76. The van der Waals surface area contributed by atoms with Gasteiger partial charge in [-0.05, 0) is 78.0 Å². The summed E-state index contributed by atoms with van der Waals surface area (Å²) in [4.78, 5) is 24.2. The van der Waals surface area contributed by atoms with Gasteiger partial charge in [0.2, 0.25) is 0 Å². The Kier molecular flexibility index (Phi) is 9.63. The van der Waals surface area contributed by atoms with Gasteiger partial charge in [0.05, 0.1) is 36.0 Å². The summed E-state index contributed by atoms with van der Waals surface area (Å²) in [6.45, 7) is 3.51. The fraction of sp³-hybridized carbons (Fsp3) is 0.308. The van der Waals surface area contributed by atoms with E-state index in [1.165, 1.54) is 25.5 Å². The zero-order valence-electron chi connectivity index (χ0n) is 26.4. The van der Waals surface area contributed by atoms with E-state index in [1.54, 1.807) is 0 Å². The van der Waals surface area contributed by atoms with Gasteiger partial charge in [0.25, 0.3) is 5.91 Å². The number of nitrogens with one attached hydrogen (secondary N) is 1. The molecule has 5 aromatic rings. The molecule has 47 heavy (non-hydrogen) atoms. The number of rotatable bonds is 9. The summed E-state index contributed by atoms with van der Waals surface area (Å²) in [6, 6.07) is 32.1. The van der Waals surface area contributed by atoms with E-state index in [4.69, 9.17) is 9.47 Å². The first kappa shape index (κ1) is 31.1. The van der Waals surface area contributed by atoms with Gasteiger partial charge in [-0.2, -0.15) is 0 Å². The molecule has 3 atom stereocenters. The van der Waals surface area contributed by atoms with Crippen LogP contribution in [-0.4, -0.2) is 51.6 Å². The van der Waals surface area contributed by atoms with Crippen LogP contribution in [0.5, 0.6) is 0 Å². The molecule has 0 radical (unpaired) electrons. The van der Waals surface area contributed by atoms with Crippen LogP contribution in [-0.2, 0) is 22.6 Å². The number of carbonyl (C=O) groups excluding carboxylic acids is 1. The number of piperidine rings is 1. The van der Waals surface area contributed by atoms with Gasteiger partial charge < -0.3 is 24.8 Å². The number of aliphatic hydroxyl groups excluding tert-OH is 1. The maximum absolute atomic E-state index is 12.9. The molecule has 2 aliphatic heterocycles. The number of amides is 1. The van der Waals surface area contributed by atoms with Crippen molar-refractivity contribution in [2.24, 2.45) is 0 Å². The number of aliphatic hydroxyl groups is 1. The number of hydrogen-bond acceptors (Lipinski definition) is 7. The Balaban J connectivity index is 1.07. The zero-order valence-corrected chi connectivity index (χ0v) is 26.4. The predicted molar refractivity (Wildman–Crippen MR) is 181 cm³/mol. The van der Waals surface area contributed by atoms with Crippen molar-refractivity contribution >= 4 is 16.9 Å². The lowest BCUT2D eigenvalue weighted by molar-refractivity contribution is -0.253. The molecule has 2 saturated heterocycles. The number of hydrogen-bond donors (Lipinski definition) is 2. The van der Waals surface area contributed by atoms with E-state index >= 15 is 0 Å². The summed E-state index contributed by atoms with van der Waals surface area (Å²) >= 11 is 0. The van der Waals surface area contributed by atoms with Gasteiger partial charge in [0.15, 0.2) is 6.29 Å². The predicted octanol–water partition coefficient (Wildman–Crippen LogP) is 6.75. The van der Waals surface area contributed by atoms with Crippen molar-refractivity contribution in [2.45, 2.75) is 57.3 Å². The van der Waals surface area contributed by atoms with Crippen LogP contribution in [0.4, 0.5) is 0 Å². The Labute approximate surface area is 275 Å². The Bertz CT molecular complexity index is 1820. The standard InChI is InChI=1S/C39H40N4O4/c44-26-27-14-16-29(17-15-27)37-22-33(25-43-18-4-1-5-19-43)46-39(47-37)32-11-7-10-31(21-32)30-9-6-8-28(20-30)23-41-38(45)36-24-40-34-12-2-3-13-35(34)42-36/h2-3,6-17,20-21,24,33,37,39,44H,1,4-5,18-19,22-23,25-26H2,(H,41,45). The maximum Gasteiger partial charge on any atom is 0.271 e. The highest BCUT2D eigenvalue weighted by Crippen LogP contribution is 2.39. The topological polar surface area (TPSA) is 96.8 Å². The van der Waals surface area contributed by atoms with Crippen molar-refractivity contribution in [1.29, 1.82) is 0 Å². The number of para-hydroxylation sites is 2. The third-order valence-electron chi connectivity index (χ3n) is 9.08. The van der Waals surface area contributed by atoms with E-state index in [0.717, 1.165) is 65.0 Å². The Hall–Kier alpha value is -4.47. The molecule has 1 aromatic heterocycles. The molecule has 4 aromatic carbocycles. The highest BCUT2D eigenvalue weighted by Gasteiger charge is 2.33.